The molecule has 1 aromatic carbocycles. The molecule has 0 bridgehead atoms. The van der Waals surface area contributed by atoms with Gasteiger partial charge in [-0.2, -0.15) is 5.26 Å². The Kier molecular flexibility index (Phi) is 3.60. The van der Waals surface area contributed by atoms with Gasteiger partial charge in [0.15, 0.2) is 0 Å². The molecular weight excluding hydrogens is 284 g/mol. The van der Waals surface area contributed by atoms with E-state index < -0.39 is 0 Å². The summed E-state index contributed by atoms with van der Waals surface area (Å²) in [6.45, 7) is 0. The minimum Gasteiger partial charge on any atom is -0.250 e. The van der Waals surface area contributed by atoms with Crippen molar-refractivity contribution >= 4 is 27.7 Å². The van der Waals surface area contributed by atoms with E-state index in [9.17, 15) is 0 Å². The molecule has 0 spiro atoms. The summed E-state index contributed by atoms with van der Waals surface area (Å²) in [7, 11) is 0. The largest absolute Gasteiger partial charge is 0.250 e. The molecule has 1 heterocycles. The summed E-state index contributed by atoms with van der Waals surface area (Å²) in [6.07, 6.45) is 1.65. The molecular formula is C12H7BrN2S. The molecule has 0 aliphatic carbocycles. The lowest BCUT2D eigenvalue weighted by Crippen LogP contribution is -1.81. The van der Waals surface area contributed by atoms with Crippen LogP contribution >= 0.6 is 27.7 Å². The number of benzene rings is 1. The molecule has 4 heteroatoms. The van der Waals surface area contributed by atoms with E-state index in [1.54, 1.807) is 30.1 Å². The molecule has 2 aromatic rings. The molecule has 0 fully saturated rings. The number of hydrogen-bond acceptors (Lipinski definition) is 3. The lowest BCUT2D eigenvalue weighted by molar-refractivity contribution is 1.12. The molecule has 78 valence electrons. The third kappa shape index (κ3) is 2.84. The molecule has 1 aromatic heterocycles. The minimum absolute atomic E-state index is 0.634. The Morgan fingerprint density at radius 2 is 1.94 bits per heavy atom. The fourth-order valence-electron chi connectivity index (χ4n) is 1.16. The molecule has 16 heavy (non-hydrogen) atoms. The molecule has 0 N–H and O–H groups in total. The van der Waals surface area contributed by atoms with Crippen LogP contribution in [0.25, 0.3) is 0 Å². The third-order valence-corrected chi connectivity index (χ3v) is 3.37. The molecule has 0 atom stereocenters. The number of nitriles is 1. The maximum absolute atomic E-state index is 8.77. The highest BCUT2D eigenvalue weighted by atomic mass is 79.9. The summed E-state index contributed by atoms with van der Waals surface area (Å²) in [4.78, 5) is 5.31. The molecule has 0 saturated carbocycles. The van der Waals surface area contributed by atoms with Gasteiger partial charge in [-0.05, 0) is 36.4 Å². The lowest BCUT2D eigenvalue weighted by atomic mass is 10.3. The van der Waals surface area contributed by atoms with Crippen molar-refractivity contribution in [2.24, 2.45) is 0 Å². The van der Waals surface area contributed by atoms with E-state index in [1.165, 1.54) is 0 Å². The van der Waals surface area contributed by atoms with E-state index >= 15 is 0 Å². The van der Waals surface area contributed by atoms with Gasteiger partial charge in [-0.15, -0.1) is 0 Å². The maximum atomic E-state index is 8.77. The molecule has 2 nitrogen and oxygen atoms in total. The minimum atomic E-state index is 0.634. The molecule has 0 aliphatic heterocycles. The quantitative estimate of drug-likeness (QED) is 0.842. The fraction of sp³-hybridized carbons (Fsp3) is 0. The highest BCUT2D eigenvalue weighted by Crippen LogP contribution is 2.27. The van der Waals surface area contributed by atoms with Crippen LogP contribution in [0.2, 0.25) is 0 Å². The monoisotopic (exact) mass is 290 g/mol. The number of rotatable bonds is 2. The third-order valence-electron chi connectivity index (χ3n) is 1.90. The van der Waals surface area contributed by atoms with Gasteiger partial charge in [0.05, 0.1) is 11.6 Å². The number of hydrogen-bond donors (Lipinski definition) is 0. The van der Waals surface area contributed by atoms with Gasteiger partial charge >= 0.3 is 0 Å². The van der Waals surface area contributed by atoms with Crippen molar-refractivity contribution in [1.29, 1.82) is 5.26 Å². The molecule has 0 aliphatic rings. The zero-order valence-electron chi connectivity index (χ0n) is 8.22. The normalized spacial score (nSPS) is 9.75. The van der Waals surface area contributed by atoms with Crippen molar-refractivity contribution in [3.8, 4) is 6.07 Å². The zero-order valence-corrected chi connectivity index (χ0v) is 10.6. The first-order chi connectivity index (χ1) is 7.78. The number of nitrogens with zero attached hydrogens (tertiary/aromatic N) is 2. The summed E-state index contributed by atoms with van der Waals surface area (Å²) in [5.41, 5.74) is 0.634. The van der Waals surface area contributed by atoms with Crippen LogP contribution in [0.15, 0.2) is 57.0 Å². The van der Waals surface area contributed by atoms with E-state index in [4.69, 9.17) is 5.26 Å². The molecule has 0 radical (unpaired) electrons. The number of pyridine rings is 1. The van der Waals surface area contributed by atoms with Crippen LogP contribution in [0.1, 0.15) is 5.56 Å². The smallest absolute Gasteiger partial charge is 0.102 e. The molecule has 2 rings (SSSR count). The Balaban J connectivity index is 2.21. The van der Waals surface area contributed by atoms with E-state index in [1.807, 2.05) is 24.3 Å². The SMILES string of the molecule is N#Cc1ccnc(Sc2ccc(Br)cc2)c1. The second-order valence-electron chi connectivity index (χ2n) is 3.05. The Morgan fingerprint density at radius 3 is 2.62 bits per heavy atom. The van der Waals surface area contributed by atoms with Gasteiger partial charge in [0.2, 0.25) is 0 Å². The van der Waals surface area contributed by atoms with Crippen molar-refractivity contribution in [2.45, 2.75) is 9.92 Å². The summed E-state index contributed by atoms with van der Waals surface area (Å²) in [6, 6.07) is 13.6. The fourth-order valence-corrected chi connectivity index (χ4v) is 2.24. The van der Waals surface area contributed by atoms with Crippen molar-refractivity contribution in [3.63, 3.8) is 0 Å². The van der Waals surface area contributed by atoms with Gasteiger partial charge in [-0.1, -0.05) is 27.7 Å². The number of aromatic nitrogens is 1. The Labute approximate surface area is 106 Å². The predicted molar refractivity (Wildman–Crippen MR) is 67.2 cm³/mol. The number of halogens is 1. The second-order valence-corrected chi connectivity index (χ2v) is 5.06. The van der Waals surface area contributed by atoms with E-state index in [0.29, 0.717) is 5.56 Å². The van der Waals surface area contributed by atoms with Crippen molar-refractivity contribution in [2.75, 3.05) is 0 Å². The highest BCUT2D eigenvalue weighted by Gasteiger charge is 2.00. The van der Waals surface area contributed by atoms with Gasteiger partial charge in [0.1, 0.15) is 5.03 Å². The van der Waals surface area contributed by atoms with Gasteiger partial charge in [0.25, 0.3) is 0 Å². The molecule has 0 saturated heterocycles. The molecule has 0 unspecified atom stereocenters. The van der Waals surface area contributed by atoms with Crippen molar-refractivity contribution < 1.29 is 0 Å². The Morgan fingerprint density at radius 1 is 1.19 bits per heavy atom. The Hall–Kier alpha value is -1.31. The highest BCUT2D eigenvalue weighted by molar-refractivity contribution is 9.10. The van der Waals surface area contributed by atoms with E-state index in [0.717, 1.165) is 14.4 Å². The Bertz CT molecular complexity index is 531. The lowest BCUT2D eigenvalue weighted by Gasteiger charge is -2.00. The van der Waals surface area contributed by atoms with Crippen LogP contribution in [0.4, 0.5) is 0 Å². The first-order valence-electron chi connectivity index (χ1n) is 4.57. The van der Waals surface area contributed by atoms with Gasteiger partial charge in [0, 0.05) is 15.6 Å². The van der Waals surface area contributed by atoms with Gasteiger partial charge < -0.3 is 0 Å². The average Bonchev–Trinajstić information content (AvgIpc) is 2.32. The van der Waals surface area contributed by atoms with Gasteiger partial charge in [-0.25, -0.2) is 4.98 Å². The van der Waals surface area contributed by atoms with Gasteiger partial charge in [-0.3, -0.25) is 0 Å². The van der Waals surface area contributed by atoms with Crippen LogP contribution in [0.5, 0.6) is 0 Å². The average molecular weight is 291 g/mol. The topological polar surface area (TPSA) is 36.7 Å². The first kappa shape index (κ1) is 11.2. The predicted octanol–water partition coefficient (Wildman–Crippen LogP) is 3.87. The summed E-state index contributed by atoms with van der Waals surface area (Å²) in [5, 5.41) is 9.61. The standard InChI is InChI=1S/C12H7BrN2S/c13-10-1-3-11(4-2-10)16-12-7-9(8-14)5-6-15-12/h1-7H. The maximum Gasteiger partial charge on any atom is 0.102 e. The van der Waals surface area contributed by atoms with Crippen molar-refractivity contribution in [1.82, 2.24) is 4.98 Å². The summed E-state index contributed by atoms with van der Waals surface area (Å²) in [5.74, 6) is 0. The van der Waals surface area contributed by atoms with Crippen molar-refractivity contribution in [3.05, 3.63) is 52.6 Å². The van der Waals surface area contributed by atoms with Crippen LogP contribution in [0.3, 0.4) is 0 Å². The van der Waals surface area contributed by atoms with E-state index in [2.05, 4.69) is 27.0 Å². The van der Waals surface area contributed by atoms with Crippen LogP contribution < -0.4 is 0 Å². The molecule has 0 amide bonds. The van der Waals surface area contributed by atoms with Crippen LogP contribution in [-0.4, -0.2) is 4.98 Å². The zero-order chi connectivity index (χ0) is 11.4. The van der Waals surface area contributed by atoms with Crippen LogP contribution in [-0.2, 0) is 0 Å². The summed E-state index contributed by atoms with van der Waals surface area (Å²) >= 11 is 4.93. The second kappa shape index (κ2) is 5.15. The van der Waals surface area contributed by atoms with Crippen LogP contribution in [0, 0.1) is 11.3 Å². The first-order valence-corrected chi connectivity index (χ1v) is 6.18. The van der Waals surface area contributed by atoms with E-state index in [-0.39, 0.29) is 0 Å². The summed E-state index contributed by atoms with van der Waals surface area (Å²) < 4.78 is 1.05.